The molecular weight excluding hydrogens is 229 g/mol. The van der Waals surface area contributed by atoms with E-state index in [1.807, 2.05) is 13.8 Å². The van der Waals surface area contributed by atoms with Crippen LogP contribution >= 0.6 is 11.6 Å². The highest BCUT2D eigenvalue weighted by atomic mass is 35.5. The summed E-state index contributed by atoms with van der Waals surface area (Å²) in [7, 11) is 0. The lowest BCUT2D eigenvalue weighted by atomic mass is 10.1. The zero-order chi connectivity index (χ0) is 11.9. The summed E-state index contributed by atoms with van der Waals surface area (Å²) in [5, 5.41) is 0.743. The molecule has 2 aromatic rings. The first kappa shape index (κ1) is 11.1. The van der Waals surface area contributed by atoms with Gasteiger partial charge < -0.3 is 5.73 Å². The highest BCUT2D eigenvalue weighted by Crippen LogP contribution is 2.26. The van der Waals surface area contributed by atoms with Gasteiger partial charge in [0, 0.05) is 16.3 Å². The molecule has 0 atom stereocenters. The Labute approximate surface area is 97.5 Å². The molecule has 0 amide bonds. The fourth-order valence-electron chi connectivity index (χ4n) is 1.46. The summed E-state index contributed by atoms with van der Waals surface area (Å²) in [6.07, 6.45) is 0. The molecule has 0 aliphatic rings. The predicted molar refractivity (Wildman–Crippen MR) is 63.0 cm³/mol. The summed E-state index contributed by atoms with van der Waals surface area (Å²) in [4.78, 5) is 8.28. The summed E-state index contributed by atoms with van der Waals surface area (Å²) in [5.41, 5.74) is 5.98. The van der Waals surface area contributed by atoms with Crippen molar-refractivity contribution in [3.8, 4) is 0 Å². The Balaban J connectivity index is 2.82. The number of benzene rings is 1. The summed E-state index contributed by atoms with van der Waals surface area (Å²) in [6.45, 7) is 3.85. The van der Waals surface area contributed by atoms with E-state index in [0.29, 0.717) is 11.2 Å². The van der Waals surface area contributed by atoms with Crippen molar-refractivity contribution >= 4 is 28.3 Å². The van der Waals surface area contributed by atoms with E-state index in [9.17, 15) is 4.39 Å². The largest absolute Gasteiger partial charge is 0.383 e. The van der Waals surface area contributed by atoms with Gasteiger partial charge in [-0.3, -0.25) is 0 Å². The lowest BCUT2D eigenvalue weighted by Crippen LogP contribution is -2.03. The van der Waals surface area contributed by atoms with E-state index >= 15 is 0 Å². The lowest BCUT2D eigenvalue weighted by molar-refractivity contribution is 0.634. The number of anilines is 1. The van der Waals surface area contributed by atoms with Crippen molar-refractivity contribution in [2.24, 2.45) is 0 Å². The van der Waals surface area contributed by atoms with Gasteiger partial charge in [-0.25, -0.2) is 14.4 Å². The number of halogens is 2. The molecule has 0 bridgehead atoms. The quantitative estimate of drug-likeness (QED) is 0.832. The summed E-state index contributed by atoms with van der Waals surface area (Å²) >= 11 is 5.75. The van der Waals surface area contributed by atoms with Gasteiger partial charge in [-0.1, -0.05) is 25.4 Å². The Morgan fingerprint density at radius 2 is 2.00 bits per heavy atom. The normalized spacial score (nSPS) is 11.3. The third-order valence-corrected chi connectivity index (χ3v) is 2.50. The molecule has 5 heteroatoms. The van der Waals surface area contributed by atoms with Crippen molar-refractivity contribution < 1.29 is 4.39 Å². The minimum absolute atomic E-state index is 0.0989. The van der Waals surface area contributed by atoms with Crippen molar-refractivity contribution in [1.82, 2.24) is 9.97 Å². The molecule has 1 aromatic heterocycles. The van der Waals surface area contributed by atoms with Crippen LogP contribution in [0.5, 0.6) is 0 Å². The Bertz CT molecular complexity index is 554. The van der Waals surface area contributed by atoms with E-state index in [0.717, 1.165) is 0 Å². The number of nitrogen functional groups attached to an aromatic ring is 1. The van der Waals surface area contributed by atoms with Crippen LogP contribution < -0.4 is 5.73 Å². The van der Waals surface area contributed by atoms with Crippen LogP contribution in [-0.4, -0.2) is 9.97 Å². The van der Waals surface area contributed by atoms with Crippen molar-refractivity contribution in [2.75, 3.05) is 5.73 Å². The van der Waals surface area contributed by atoms with Gasteiger partial charge in [0.2, 0.25) is 0 Å². The standard InChI is InChI=1S/C11H11ClFN3/c1-5(2)11-15-9-7(10(14)16-11)3-6(12)4-8(9)13/h3-5H,1-2H3,(H2,14,15,16). The highest BCUT2D eigenvalue weighted by Gasteiger charge is 2.12. The maximum atomic E-state index is 13.6. The molecule has 0 saturated heterocycles. The van der Waals surface area contributed by atoms with Crippen molar-refractivity contribution in [3.05, 3.63) is 28.8 Å². The molecule has 0 fully saturated rings. The molecule has 0 spiro atoms. The molecule has 16 heavy (non-hydrogen) atoms. The number of rotatable bonds is 1. The SMILES string of the molecule is CC(C)c1nc(N)c2cc(Cl)cc(F)c2n1. The minimum atomic E-state index is -0.474. The number of nitrogens with two attached hydrogens (primary N) is 1. The zero-order valence-corrected chi connectivity index (χ0v) is 9.72. The molecule has 0 radical (unpaired) electrons. The van der Waals surface area contributed by atoms with E-state index in [4.69, 9.17) is 17.3 Å². The van der Waals surface area contributed by atoms with Crippen LogP contribution in [0.15, 0.2) is 12.1 Å². The zero-order valence-electron chi connectivity index (χ0n) is 8.96. The maximum Gasteiger partial charge on any atom is 0.151 e. The van der Waals surface area contributed by atoms with Gasteiger partial charge in [0.05, 0.1) is 0 Å². The number of nitrogens with zero attached hydrogens (tertiary/aromatic N) is 2. The van der Waals surface area contributed by atoms with Gasteiger partial charge >= 0.3 is 0 Å². The average Bonchev–Trinajstić information content (AvgIpc) is 2.19. The molecular formula is C11H11ClFN3. The number of aromatic nitrogens is 2. The third-order valence-electron chi connectivity index (χ3n) is 2.28. The van der Waals surface area contributed by atoms with E-state index in [1.165, 1.54) is 6.07 Å². The summed E-state index contributed by atoms with van der Waals surface area (Å²) < 4.78 is 13.6. The molecule has 1 heterocycles. The number of hydrogen-bond acceptors (Lipinski definition) is 3. The first-order valence-corrected chi connectivity index (χ1v) is 5.29. The Morgan fingerprint density at radius 1 is 1.31 bits per heavy atom. The van der Waals surface area contributed by atoms with Gasteiger partial charge in [0.1, 0.15) is 17.2 Å². The maximum absolute atomic E-state index is 13.6. The molecule has 2 rings (SSSR count). The van der Waals surface area contributed by atoms with E-state index in [-0.39, 0.29) is 22.3 Å². The lowest BCUT2D eigenvalue weighted by Gasteiger charge is -2.08. The Hall–Kier alpha value is -1.42. The molecule has 84 valence electrons. The van der Waals surface area contributed by atoms with E-state index in [2.05, 4.69) is 9.97 Å². The first-order chi connectivity index (χ1) is 7.49. The van der Waals surface area contributed by atoms with Gasteiger partial charge in [-0.05, 0) is 12.1 Å². The van der Waals surface area contributed by atoms with Crippen molar-refractivity contribution in [3.63, 3.8) is 0 Å². The molecule has 3 nitrogen and oxygen atoms in total. The first-order valence-electron chi connectivity index (χ1n) is 4.91. The second kappa shape index (κ2) is 3.87. The molecule has 0 aliphatic carbocycles. The van der Waals surface area contributed by atoms with Crippen LogP contribution in [0.1, 0.15) is 25.6 Å². The predicted octanol–water partition coefficient (Wildman–Crippen LogP) is 3.13. The van der Waals surface area contributed by atoms with Gasteiger partial charge in [-0.2, -0.15) is 0 Å². The minimum Gasteiger partial charge on any atom is -0.383 e. The van der Waals surface area contributed by atoms with Crippen molar-refractivity contribution in [1.29, 1.82) is 0 Å². The second-order valence-corrected chi connectivity index (χ2v) is 4.34. The molecule has 0 unspecified atom stereocenters. The highest BCUT2D eigenvalue weighted by molar-refractivity contribution is 6.31. The fourth-order valence-corrected chi connectivity index (χ4v) is 1.66. The number of hydrogen-bond donors (Lipinski definition) is 1. The van der Waals surface area contributed by atoms with Gasteiger partial charge in [-0.15, -0.1) is 0 Å². The van der Waals surface area contributed by atoms with Crippen LogP contribution in [0.3, 0.4) is 0 Å². The van der Waals surface area contributed by atoms with E-state index in [1.54, 1.807) is 6.07 Å². The fraction of sp³-hybridized carbons (Fsp3) is 0.273. The monoisotopic (exact) mass is 239 g/mol. The van der Waals surface area contributed by atoms with Crippen LogP contribution in [0.4, 0.5) is 10.2 Å². The average molecular weight is 240 g/mol. The van der Waals surface area contributed by atoms with E-state index < -0.39 is 5.82 Å². The van der Waals surface area contributed by atoms with Crippen LogP contribution in [0, 0.1) is 5.82 Å². The van der Waals surface area contributed by atoms with Crippen molar-refractivity contribution in [2.45, 2.75) is 19.8 Å². The topological polar surface area (TPSA) is 51.8 Å². The van der Waals surface area contributed by atoms with Crippen LogP contribution in [0.2, 0.25) is 5.02 Å². The van der Waals surface area contributed by atoms with Crippen LogP contribution in [0.25, 0.3) is 10.9 Å². The number of fused-ring (bicyclic) bond motifs is 1. The molecule has 0 saturated carbocycles. The molecule has 2 N–H and O–H groups in total. The third kappa shape index (κ3) is 1.80. The second-order valence-electron chi connectivity index (χ2n) is 3.91. The smallest absolute Gasteiger partial charge is 0.151 e. The Kier molecular flexibility index (Phi) is 2.68. The van der Waals surface area contributed by atoms with Gasteiger partial charge in [0.25, 0.3) is 0 Å². The summed E-state index contributed by atoms with van der Waals surface area (Å²) in [5.74, 6) is 0.418. The molecule has 0 aliphatic heterocycles. The summed E-state index contributed by atoms with van der Waals surface area (Å²) in [6, 6.07) is 2.79. The van der Waals surface area contributed by atoms with Gasteiger partial charge in [0.15, 0.2) is 5.82 Å². The molecule has 1 aromatic carbocycles. The Morgan fingerprint density at radius 3 is 2.62 bits per heavy atom. The van der Waals surface area contributed by atoms with Crippen LogP contribution in [-0.2, 0) is 0 Å².